The van der Waals surface area contributed by atoms with Crippen LogP contribution < -0.4 is 5.32 Å². The molecule has 2 aromatic rings. The molecule has 1 saturated heterocycles. The molecule has 1 aliphatic heterocycles. The van der Waals surface area contributed by atoms with E-state index in [2.05, 4.69) is 25.4 Å². The summed E-state index contributed by atoms with van der Waals surface area (Å²) in [5, 5.41) is 6.82. The lowest BCUT2D eigenvalue weighted by Gasteiger charge is -2.15. The first-order valence-electron chi connectivity index (χ1n) is 7.34. The van der Waals surface area contributed by atoms with E-state index in [1.807, 2.05) is 6.92 Å². The van der Waals surface area contributed by atoms with Crippen molar-refractivity contribution in [3.8, 4) is 5.95 Å². The number of hydrogen-bond acceptors (Lipinski definition) is 6. The number of aromatic nitrogens is 5. The van der Waals surface area contributed by atoms with Crippen molar-refractivity contribution in [1.82, 2.24) is 24.7 Å². The van der Waals surface area contributed by atoms with Crippen LogP contribution in [0.3, 0.4) is 0 Å². The van der Waals surface area contributed by atoms with Gasteiger partial charge in [-0.05, 0) is 25.3 Å². The van der Waals surface area contributed by atoms with Gasteiger partial charge in [-0.1, -0.05) is 6.92 Å². The molecule has 0 saturated carbocycles. The SMILES string of the molecule is CC(CC1CCCO1)C(=O)Nc1ncnn1-c1ncccn1. The maximum absolute atomic E-state index is 12.3. The van der Waals surface area contributed by atoms with Gasteiger partial charge < -0.3 is 4.74 Å². The first kappa shape index (κ1) is 14.6. The van der Waals surface area contributed by atoms with E-state index in [1.165, 1.54) is 11.0 Å². The molecule has 2 atom stereocenters. The summed E-state index contributed by atoms with van der Waals surface area (Å²) in [4.78, 5) is 24.5. The lowest BCUT2D eigenvalue weighted by Crippen LogP contribution is -2.26. The van der Waals surface area contributed by atoms with Gasteiger partial charge in [-0.15, -0.1) is 0 Å². The summed E-state index contributed by atoms with van der Waals surface area (Å²) in [5.74, 6) is 0.406. The molecule has 3 rings (SSSR count). The van der Waals surface area contributed by atoms with Crippen LogP contribution in [-0.2, 0) is 9.53 Å². The number of carbonyl (C=O) groups is 1. The number of carbonyl (C=O) groups excluding carboxylic acids is 1. The van der Waals surface area contributed by atoms with E-state index in [4.69, 9.17) is 4.74 Å². The van der Waals surface area contributed by atoms with Crippen LogP contribution in [0.4, 0.5) is 5.95 Å². The molecule has 8 nitrogen and oxygen atoms in total. The minimum Gasteiger partial charge on any atom is -0.378 e. The first-order valence-corrected chi connectivity index (χ1v) is 7.34. The summed E-state index contributed by atoms with van der Waals surface area (Å²) in [6.07, 6.45) is 7.55. The summed E-state index contributed by atoms with van der Waals surface area (Å²) in [7, 11) is 0. The number of nitrogens with zero attached hydrogens (tertiary/aromatic N) is 5. The van der Waals surface area contributed by atoms with Crippen LogP contribution in [0, 0.1) is 5.92 Å². The largest absolute Gasteiger partial charge is 0.378 e. The monoisotopic (exact) mass is 302 g/mol. The Kier molecular flexibility index (Phi) is 4.38. The second-order valence-electron chi connectivity index (χ2n) is 5.31. The Balaban J connectivity index is 1.65. The third-order valence-corrected chi connectivity index (χ3v) is 3.61. The summed E-state index contributed by atoms with van der Waals surface area (Å²) in [5.41, 5.74) is 0. The number of anilines is 1. The fourth-order valence-electron chi connectivity index (χ4n) is 2.44. The van der Waals surface area contributed by atoms with Crippen molar-refractivity contribution < 1.29 is 9.53 Å². The van der Waals surface area contributed by atoms with E-state index in [9.17, 15) is 4.79 Å². The summed E-state index contributed by atoms with van der Waals surface area (Å²) < 4.78 is 6.97. The Morgan fingerprint density at radius 1 is 1.45 bits per heavy atom. The molecule has 1 aliphatic rings. The topological polar surface area (TPSA) is 94.8 Å². The average molecular weight is 302 g/mol. The van der Waals surface area contributed by atoms with Crippen LogP contribution in [0.15, 0.2) is 24.8 Å². The van der Waals surface area contributed by atoms with Crippen molar-refractivity contribution in [1.29, 1.82) is 0 Å². The molecule has 2 aromatic heterocycles. The van der Waals surface area contributed by atoms with Gasteiger partial charge in [0.2, 0.25) is 11.9 Å². The fourth-order valence-corrected chi connectivity index (χ4v) is 2.44. The third-order valence-electron chi connectivity index (χ3n) is 3.61. The van der Waals surface area contributed by atoms with Gasteiger partial charge in [0.25, 0.3) is 5.95 Å². The van der Waals surface area contributed by atoms with Crippen molar-refractivity contribution in [3.63, 3.8) is 0 Å². The number of rotatable bonds is 5. The van der Waals surface area contributed by atoms with E-state index in [0.717, 1.165) is 19.4 Å². The fraction of sp³-hybridized carbons (Fsp3) is 0.500. The highest BCUT2D eigenvalue weighted by molar-refractivity contribution is 5.90. The molecular weight excluding hydrogens is 284 g/mol. The van der Waals surface area contributed by atoms with Gasteiger partial charge >= 0.3 is 0 Å². The van der Waals surface area contributed by atoms with E-state index >= 15 is 0 Å². The maximum Gasteiger partial charge on any atom is 0.253 e. The van der Waals surface area contributed by atoms with Crippen LogP contribution >= 0.6 is 0 Å². The smallest absolute Gasteiger partial charge is 0.253 e. The second-order valence-corrected chi connectivity index (χ2v) is 5.31. The molecule has 1 amide bonds. The van der Waals surface area contributed by atoms with Gasteiger partial charge in [0.15, 0.2) is 0 Å². The molecule has 116 valence electrons. The molecule has 0 radical (unpaired) electrons. The normalized spacial score (nSPS) is 19.0. The van der Waals surface area contributed by atoms with Crippen LogP contribution in [-0.4, -0.2) is 43.4 Å². The Hall–Kier alpha value is -2.35. The van der Waals surface area contributed by atoms with Crippen molar-refractivity contribution in [2.45, 2.75) is 32.3 Å². The van der Waals surface area contributed by atoms with E-state index in [1.54, 1.807) is 18.5 Å². The molecule has 22 heavy (non-hydrogen) atoms. The predicted molar refractivity (Wildman–Crippen MR) is 78.3 cm³/mol. The van der Waals surface area contributed by atoms with Crippen molar-refractivity contribution in [2.24, 2.45) is 5.92 Å². The van der Waals surface area contributed by atoms with Gasteiger partial charge in [0.1, 0.15) is 6.33 Å². The molecule has 1 fully saturated rings. The molecule has 0 aliphatic carbocycles. The number of hydrogen-bond donors (Lipinski definition) is 1. The van der Waals surface area contributed by atoms with Gasteiger partial charge in [-0.3, -0.25) is 10.1 Å². The van der Waals surface area contributed by atoms with Crippen LogP contribution in [0.5, 0.6) is 0 Å². The second kappa shape index (κ2) is 6.61. The lowest BCUT2D eigenvalue weighted by atomic mass is 10.0. The summed E-state index contributed by atoms with van der Waals surface area (Å²) in [6, 6.07) is 1.71. The highest BCUT2D eigenvalue weighted by Crippen LogP contribution is 2.20. The quantitative estimate of drug-likeness (QED) is 0.891. The molecule has 0 spiro atoms. The molecule has 1 N–H and O–H groups in total. The highest BCUT2D eigenvalue weighted by Gasteiger charge is 2.23. The van der Waals surface area contributed by atoms with Crippen LogP contribution in [0.25, 0.3) is 5.95 Å². The molecule has 0 bridgehead atoms. The van der Waals surface area contributed by atoms with E-state index < -0.39 is 0 Å². The van der Waals surface area contributed by atoms with Crippen LogP contribution in [0.1, 0.15) is 26.2 Å². The minimum atomic E-state index is -0.162. The first-order chi connectivity index (χ1) is 10.7. The number of amides is 1. The van der Waals surface area contributed by atoms with Gasteiger partial charge in [-0.2, -0.15) is 14.8 Å². The van der Waals surface area contributed by atoms with Crippen molar-refractivity contribution in [2.75, 3.05) is 11.9 Å². The Morgan fingerprint density at radius 2 is 2.27 bits per heavy atom. The Morgan fingerprint density at radius 3 is 3.00 bits per heavy atom. The molecular formula is C14H18N6O2. The number of ether oxygens (including phenoxy) is 1. The Labute approximate surface area is 127 Å². The zero-order chi connectivity index (χ0) is 15.4. The molecule has 3 heterocycles. The Bertz CT molecular complexity index is 623. The molecule has 8 heteroatoms. The van der Waals surface area contributed by atoms with Crippen molar-refractivity contribution in [3.05, 3.63) is 24.8 Å². The van der Waals surface area contributed by atoms with E-state index in [-0.39, 0.29) is 17.9 Å². The molecule has 0 aromatic carbocycles. The standard InChI is InChI=1S/C14H18N6O2/c1-10(8-11-4-2-7-22-11)12(21)19-14-17-9-18-20(14)13-15-5-3-6-16-13/h3,5-6,9-11H,2,4,7-8H2,1H3,(H,17,18,19,21). The summed E-state index contributed by atoms with van der Waals surface area (Å²) >= 11 is 0. The average Bonchev–Trinajstić information content (AvgIpc) is 3.19. The molecule has 2 unspecified atom stereocenters. The minimum absolute atomic E-state index is 0.110. The highest BCUT2D eigenvalue weighted by atomic mass is 16.5. The third kappa shape index (κ3) is 3.28. The summed E-state index contributed by atoms with van der Waals surface area (Å²) in [6.45, 7) is 2.68. The zero-order valence-corrected chi connectivity index (χ0v) is 12.3. The van der Waals surface area contributed by atoms with Crippen LogP contribution in [0.2, 0.25) is 0 Å². The van der Waals surface area contributed by atoms with E-state index in [0.29, 0.717) is 18.3 Å². The van der Waals surface area contributed by atoms with Gasteiger partial charge in [0.05, 0.1) is 6.10 Å². The predicted octanol–water partition coefficient (Wildman–Crippen LogP) is 1.20. The van der Waals surface area contributed by atoms with Gasteiger partial charge in [-0.25, -0.2) is 9.97 Å². The van der Waals surface area contributed by atoms with Crippen molar-refractivity contribution >= 4 is 11.9 Å². The lowest BCUT2D eigenvalue weighted by molar-refractivity contribution is -0.120. The zero-order valence-electron chi connectivity index (χ0n) is 12.3. The number of nitrogens with one attached hydrogen (secondary N) is 1. The maximum atomic E-state index is 12.3. The van der Waals surface area contributed by atoms with Gasteiger partial charge in [0, 0.05) is 24.9 Å².